The maximum absolute atomic E-state index is 11.5. The second-order valence-electron chi connectivity index (χ2n) is 4.30. The summed E-state index contributed by atoms with van der Waals surface area (Å²) in [6.45, 7) is 0.578. The molecule has 1 aliphatic carbocycles. The number of esters is 1. The van der Waals surface area contributed by atoms with Gasteiger partial charge in [-0.3, -0.25) is 4.79 Å². The first-order chi connectivity index (χ1) is 7.74. The van der Waals surface area contributed by atoms with E-state index in [9.17, 15) is 4.79 Å². The number of hydrogen-bond donors (Lipinski definition) is 1. The number of benzene rings is 1. The van der Waals surface area contributed by atoms with Crippen LogP contribution in [-0.4, -0.2) is 12.6 Å². The fourth-order valence-electron chi connectivity index (χ4n) is 1.58. The molecule has 0 N–H and O–H groups in total. The Kier molecular flexibility index (Phi) is 3.88. The van der Waals surface area contributed by atoms with Crippen LogP contribution < -0.4 is 0 Å². The van der Waals surface area contributed by atoms with Crippen molar-refractivity contribution in [3.05, 3.63) is 29.8 Å². The number of hydrogen-bond acceptors (Lipinski definition) is 3. The lowest BCUT2D eigenvalue weighted by molar-refractivity contribution is -0.143. The van der Waals surface area contributed by atoms with Gasteiger partial charge in [0.2, 0.25) is 0 Å². The van der Waals surface area contributed by atoms with E-state index < -0.39 is 0 Å². The molecule has 0 aromatic heterocycles. The van der Waals surface area contributed by atoms with Crippen LogP contribution in [0.4, 0.5) is 0 Å². The first kappa shape index (κ1) is 11.5. The lowest BCUT2D eigenvalue weighted by Crippen LogP contribution is -2.09. The van der Waals surface area contributed by atoms with Gasteiger partial charge >= 0.3 is 5.97 Å². The Labute approximate surface area is 101 Å². The van der Waals surface area contributed by atoms with E-state index in [1.807, 2.05) is 24.3 Å². The van der Waals surface area contributed by atoms with Crippen LogP contribution in [0.1, 0.15) is 24.8 Å². The zero-order valence-corrected chi connectivity index (χ0v) is 10.1. The van der Waals surface area contributed by atoms with Crippen molar-refractivity contribution >= 4 is 18.6 Å². The highest BCUT2D eigenvalue weighted by atomic mass is 32.1. The van der Waals surface area contributed by atoms with Crippen LogP contribution in [0.3, 0.4) is 0 Å². The van der Waals surface area contributed by atoms with Crippen LogP contribution in [0, 0.1) is 5.92 Å². The molecule has 0 bridgehead atoms. The van der Waals surface area contributed by atoms with Crippen molar-refractivity contribution < 1.29 is 9.53 Å². The summed E-state index contributed by atoms with van der Waals surface area (Å²) in [5.74, 6) is 0.684. The van der Waals surface area contributed by atoms with Crippen molar-refractivity contribution in [1.29, 1.82) is 0 Å². The van der Waals surface area contributed by atoms with Crippen LogP contribution in [0.25, 0.3) is 0 Å². The van der Waals surface area contributed by atoms with Crippen LogP contribution in [0.2, 0.25) is 0 Å². The maximum atomic E-state index is 11.5. The number of thiol groups is 1. The second kappa shape index (κ2) is 5.39. The number of ether oxygens (including phenoxy) is 1. The van der Waals surface area contributed by atoms with E-state index in [1.165, 1.54) is 12.8 Å². The highest BCUT2D eigenvalue weighted by Crippen LogP contribution is 2.32. The van der Waals surface area contributed by atoms with E-state index >= 15 is 0 Å². The third-order valence-electron chi connectivity index (χ3n) is 2.77. The summed E-state index contributed by atoms with van der Waals surface area (Å²) < 4.78 is 5.17. The molecular weight excluding hydrogens is 220 g/mol. The lowest BCUT2D eigenvalue weighted by Gasteiger charge is -2.04. The normalized spacial score (nSPS) is 14.8. The lowest BCUT2D eigenvalue weighted by atomic mass is 10.1. The number of carbonyl (C=O) groups excluding carboxylic acids is 1. The molecule has 3 heteroatoms. The molecule has 2 nitrogen and oxygen atoms in total. The molecule has 86 valence electrons. The van der Waals surface area contributed by atoms with Crippen molar-refractivity contribution in [1.82, 2.24) is 0 Å². The Balaban J connectivity index is 1.70. The summed E-state index contributed by atoms with van der Waals surface area (Å²) in [4.78, 5) is 12.4. The van der Waals surface area contributed by atoms with Crippen molar-refractivity contribution in [2.75, 3.05) is 6.61 Å². The van der Waals surface area contributed by atoms with Crippen LogP contribution >= 0.6 is 12.6 Å². The first-order valence-electron chi connectivity index (χ1n) is 5.67. The third kappa shape index (κ3) is 3.89. The Morgan fingerprint density at radius 3 is 2.62 bits per heavy atom. The van der Waals surface area contributed by atoms with Gasteiger partial charge in [-0.2, -0.15) is 0 Å². The van der Waals surface area contributed by atoms with Gasteiger partial charge in [-0.15, -0.1) is 12.6 Å². The van der Waals surface area contributed by atoms with E-state index in [4.69, 9.17) is 4.74 Å². The molecule has 0 heterocycles. The van der Waals surface area contributed by atoms with E-state index in [1.54, 1.807) is 0 Å². The quantitative estimate of drug-likeness (QED) is 0.628. The molecule has 1 aromatic carbocycles. The first-order valence-corrected chi connectivity index (χ1v) is 6.12. The highest BCUT2D eigenvalue weighted by molar-refractivity contribution is 7.80. The molecule has 16 heavy (non-hydrogen) atoms. The summed E-state index contributed by atoms with van der Waals surface area (Å²) in [6, 6.07) is 7.58. The molecule has 2 rings (SSSR count). The van der Waals surface area contributed by atoms with Crippen molar-refractivity contribution in [2.24, 2.45) is 5.92 Å². The van der Waals surface area contributed by atoms with Crippen molar-refractivity contribution in [3.8, 4) is 0 Å². The van der Waals surface area contributed by atoms with Gasteiger partial charge in [-0.25, -0.2) is 0 Å². The maximum Gasteiger partial charge on any atom is 0.310 e. The standard InChI is InChI=1S/C13H16O2S/c14-13(15-8-7-10-1-2-10)9-11-3-5-12(16)6-4-11/h3-6,10,16H,1-2,7-9H2. The van der Waals surface area contributed by atoms with Gasteiger partial charge in [0.1, 0.15) is 0 Å². The van der Waals surface area contributed by atoms with Crippen LogP contribution in [0.5, 0.6) is 0 Å². The largest absolute Gasteiger partial charge is 0.465 e. The van der Waals surface area contributed by atoms with Crippen LogP contribution in [-0.2, 0) is 16.0 Å². The topological polar surface area (TPSA) is 26.3 Å². The van der Waals surface area contributed by atoms with Gasteiger partial charge < -0.3 is 4.74 Å². The highest BCUT2D eigenvalue weighted by Gasteiger charge is 2.21. The van der Waals surface area contributed by atoms with Gasteiger partial charge in [-0.05, 0) is 30.0 Å². The smallest absolute Gasteiger partial charge is 0.310 e. The number of carbonyl (C=O) groups is 1. The predicted octanol–water partition coefficient (Wildman–Crippen LogP) is 2.86. The molecular formula is C13H16O2S. The summed E-state index contributed by atoms with van der Waals surface area (Å²) in [5.41, 5.74) is 0.981. The average Bonchev–Trinajstić information content (AvgIpc) is 3.05. The zero-order valence-electron chi connectivity index (χ0n) is 9.19. The molecule has 1 saturated carbocycles. The van der Waals surface area contributed by atoms with E-state index in [0.29, 0.717) is 13.0 Å². The molecule has 0 aliphatic heterocycles. The zero-order chi connectivity index (χ0) is 11.4. The molecule has 0 atom stereocenters. The summed E-state index contributed by atoms with van der Waals surface area (Å²) in [6.07, 6.45) is 4.00. The summed E-state index contributed by atoms with van der Waals surface area (Å²) >= 11 is 4.19. The fraction of sp³-hybridized carbons (Fsp3) is 0.462. The second-order valence-corrected chi connectivity index (χ2v) is 4.81. The van der Waals surface area contributed by atoms with Crippen LogP contribution in [0.15, 0.2) is 29.2 Å². The molecule has 0 saturated heterocycles. The summed E-state index contributed by atoms with van der Waals surface area (Å²) in [7, 11) is 0. The van der Waals surface area contributed by atoms with Crippen molar-refractivity contribution in [2.45, 2.75) is 30.6 Å². The third-order valence-corrected chi connectivity index (χ3v) is 3.07. The van der Waals surface area contributed by atoms with Gasteiger partial charge in [0.25, 0.3) is 0 Å². The Morgan fingerprint density at radius 1 is 1.31 bits per heavy atom. The minimum absolute atomic E-state index is 0.132. The van der Waals surface area contributed by atoms with Gasteiger partial charge in [0, 0.05) is 4.90 Å². The Morgan fingerprint density at radius 2 is 2.00 bits per heavy atom. The molecule has 1 aromatic rings. The van der Waals surface area contributed by atoms with Gasteiger partial charge in [-0.1, -0.05) is 25.0 Å². The predicted molar refractivity (Wildman–Crippen MR) is 65.7 cm³/mol. The molecule has 1 fully saturated rings. The fourth-order valence-corrected chi connectivity index (χ4v) is 1.73. The molecule has 0 radical (unpaired) electrons. The molecule has 0 unspecified atom stereocenters. The van der Waals surface area contributed by atoms with E-state index in [-0.39, 0.29) is 5.97 Å². The monoisotopic (exact) mass is 236 g/mol. The van der Waals surface area contributed by atoms with Gasteiger partial charge in [0.05, 0.1) is 13.0 Å². The van der Waals surface area contributed by atoms with E-state index in [2.05, 4.69) is 12.6 Å². The number of rotatable bonds is 5. The summed E-state index contributed by atoms with van der Waals surface area (Å²) in [5, 5.41) is 0. The minimum Gasteiger partial charge on any atom is -0.465 e. The van der Waals surface area contributed by atoms with Crippen molar-refractivity contribution in [3.63, 3.8) is 0 Å². The molecule has 0 spiro atoms. The Bertz CT molecular complexity index is 355. The average molecular weight is 236 g/mol. The SMILES string of the molecule is O=C(Cc1ccc(S)cc1)OCCC1CC1. The van der Waals surface area contributed by atoms with Gasteiger partial charge in [0.15, 0.2) is 0 Å². The van der Waals surface area contributed by atoms with E-state index in [0.717, 1.165) is 22.8 Å². The molecule has 1 aliphatic rings. The molecule has 0 amide bonds. The Hall–Kier alpha value is -0.960. The minimum atomic E-state index is -0.132.